The summed E-state index contributed by atoms with van der Waals surface area (Å²) in [5.41, 5.74) is 0. The molecule has 1 radical (unpaired) electrons. The molecule has 1 unspecified atom stereocenters. The molecule has 1 saturated heterocycles. The summed E-state index contributed by atoms with van der Waals surface area (Å²) in [5.74, 6) is 0. The summed E-state index contributed by atoms with van der Waals surface area (Å²) in [4.78, 5) is 2.44. The first-order chi connectivity index (χ1) is 6.36. The van der Waals surface area contributed by atoms with Crippen molar-refractivity contribution in [1.29, 1.82) is 0 Å². The van der Waals surface area contributed by atoms with Gasteiger partial charge in [0, 0.05) is 0 Å². The predicted octanol–water partition coefficient (Wildman–Crippen LogP) is 2.45. The van der Waals surface area contributed by atoms with E-state index in [9.17, 15) is 0 Å². The van der Waals surface area contributed by atoms with Gasteiger partial charge in [-0.2, -0.15) is 0 Å². The minimum absolute atomic E-state index is 0.439. The van der Waals surface area contributed by atoms with Gasteiger partial charge < -0.3 is 4.74 Å². The Kier molecular flexibility index (Phi) is 5.40. The van der Waals surface area contributed by atoms with E-state index in [-0.39, 0.29) is 0 Å². The molecule has 13 heavy (non-hydrogen) atoms. The summed E-state index contributed by atoms with van der Waals surface area (Å²) < 4.78 is 5.20. The van der Waals surface area contributed by atoms with E-state index >= 15 is 0 Å². The molecule has 2 heteroatoms. The lowest BCUT2D eigenvalue weighted by molar-refractivity contribution is 0.286. The maximum atomic E-state index is 5.20. The molecule has 0 spiro atoms. The summed E-state index contributed by atoms with van der Waals surface area (Å²) in [6, 6.07) is 0. The number of nitrogens with zero attached hydrogens (tertiary/aromatic N) is 1. The third kappa shape index (κ3) is 5.27. The van der Waals surface area contributed by atoms with Crippen molar-refractivity contribution in [3.63, 3.8) is 0 Å². The lowest BCUT2D eigenvalue weighted by Crippen LogP contribution is -2.25. The molecule has 0 N–H and O–H groups in total. The topological polar surface area (TPSA) is 15.8 Å². The van der Waals surface area contributed by atoms with E-state index in [0.29, 0.717) is 6.10 Å². The Labute approximate surface area is 82.3 Å². The van der Waals surface area contributed by atoms with Crippen molar-refractivity contribution in [2.24, 2.45) is 0 Å². The van der Waals surface area contributed by atoms with E-state index in [1.54, 1.807) is 0 Å². The highest BCUT2D eigenvalue weighted by atomic mass is 16.6. The first-order valence-corrected chi connectivity index (χ1v) is 5.57. The largest absolute Gasteiger partial charge is 0.371 e. The standard InChI is InChI=1S/C11H22NO/c1-3-5-7-12(8-6-4-2)9-11-10-13-11/h9,11H,3-8,10H2,1-2H3. The van der Waals surface area contributed by atoms with Crippen LogP contribution in [0.4, 0.5) is 0 Å². The van der Waals surface area contributed by atoms with Crippen LogP contribution in [-0.2, 0) is 4.74 Å². The van der Waals surface area contributed by atoms with Crippen molar-refractivity contribution in [3.8, 4) is 0 Å². The fraction of sp³-hybridized carbons (Fsp3) is 0.909. The zero-order chi connectivity index (χ0) is 9.52. The molecule has 1 fully saturated rings. The van der Waals surface area contributed by atoms with Crippen molar-refractivity contribution >= 4 is 0 Å². The Balaban J connectivity index is 2.08. The van der Waals surface area contributed by atoms with Crippen LogP contribution >= 0.6 is 0 Å². The normalized spacial score (nSPS) is 21.0. The Hall–Kier alpha value is -0.0800. The van der Waals surface area contributed by atoms with Crippen molar-refractivity contribution < 1.29 is 4.74 Å². The Bertz CT molecular complexity index is 115. The van der Waals surface area contributed by atoms with Crippen molar-refractivity contribution in [2.45, 2.75) is 45.6 Å². The van der Waals surface area contributed by atoms with E-state index < -0.39 is 0 Å². The minimum Gasteiger partial charge on any atom is -0.371 e. The number of rotatable bonds is 8. The minimum atomic E-state index is 0.439. The summed E-state index contributed by atoms with van der Waals surface area (Å²) >= 11 is 0. The Morgan fingerprint density at radius 1 is 1.23 bits per heavy atom. The molecule has 1 heterocycles. The van der Waals surface area contributed by atoms with Gasteiger partial charge in [-0.15, -0.1) is 0 Å². The van der Waals surface area contributed by atoms with Gasteiger partial charge in [0.1, 0.15) is 0 Å². The van der Waals surface area contributed by atoms with Gasteiger partial charge >= 0.3 is 0 Å². The van der Waals surface area contributed by atoms with E-state index in [2.05, 4.69) is 25.3 Å². The number of epoxide rings is 1. The lowest BCUT2D eigenvalue weighted by Gasteiger charge is -2.19. The number of ether oxygens (including phenoxy) is 1. The third-order valence-electron chi connectivity index (χ3n) is 2.33. The van der Waals surface area contributed by atoms with Crippen LogP contribution in [-0.4, -0.2) is 30.7 Å². The van der Waals surface area contributed by atoms with Crippen molar-refractivity contribution in [2.75, 3.05) is 19.7 Å². The van der Waals surface area contributed by atoms with Crippen LogP contribution in [0.1, 0.15) is 39.5 Å². The highest BCUT2D eigenvalue weighted by Crippen LogP contribution is 2.16. The summed E-state index contributed by atoms with van der Waals surface area (Å²) in [5, 5.41) is 0. The first-order valence-electron chi connectivity index (χ1n) is 5.57. The molecule has 77 valence electrons. The van der Waals surface area contributed by atoms with Gasteiger partial charge in [-0.3, -0.25) is 4.90 Å². The molecule has 1 atom stereocenters. The average molecular weight is 184 g/mol. The molecule has 0 aromatic rings. The molecule has 2 nitrogen and oxygen atoms in total. The second kappa shape index (κ2) is 6.39. The SMILES string of the molecule is CCCCN([CH]C1CO1)CCCC. The van der Waals surface area contributed by atoms with Crippen LogP contribution in [0.15, 0.2) is 0 Å². The molecule has 1 aliphatic heterocycles. The molecule has 0 aromatic carbocycles. The highest BCUT2D eigenvalue weighted by Gasteiger charge is 2.25. The van der Waals surface area contributed by atoms with Gasteiger partial charge in [-0.25, -0.2) is 0 Å². The van der Waals surface area contributed by atoms with E-state index in [0.717, 1.165) is 6.61 Å². The summed E-state index contributed by atoms with van der Waals surface area (Å²) in [6.45, 7) is 10.1. The molecule has 0 aliphatic carbocycles. The molecule has 0 amide bonds. The van der Waals surface area contributed by atoms with Gasteiger partial charge in [0.2, 0.25) is 0 Å². The van der Waals surface area contributed by atoms with Crippen molar-refractivity contribution in [1.82, 2.24) is 4.90 Å². The van der Waals surface area contributed by atoms with Gasteiger partial charge in [0.25, 0.3) is 0 Å². The zero-order valence-electron chi connectivity index (χ0n) is 8.96. The first kappa shape index (κ1) is 11.0. The van der Waals surface area contributed by atoms with Crippen LogP contribution in [0.2, 0.25) is 0 Å². The van der Waals surface area contributed by atoms with Gasteiger partial charge in [0.15, 0.2) is 0 Å². The molecule has 1 aliphatic rings. The number of hydrogen-bond acceptors (Lipinski definition) is 2. The van der Waals surface area contributed by atoms with Crippen LogP contribution in [0.5, 0.6) is 0 Å². The van der Waals surface area contributed by atoms with Crippen LogP contribution in [0.3, 0.4) is 0 Å². The smallest absolute Gasteiger partial charge is 0.0980 e. The van der Waals surface area contributed by atoms with Gasteiger partial charge in [-0.1, -0.05) is 26.7 Å². The van der Waals surface area contributed by atoms with E-state index in [1.807, 2.05) is 0 Å². The number of unbranched alkanes of at least 4 members (excludes halogenated alkanes) is 2. The fourth-order valence-corrected chi connectivity index (χ4v) is 1.36. The summed E-state index contributed by atoms with van der Waals surface area (Å²) in [6.07, 6.45) is 5.60. The predicted molar refractivity (Wildman–Crippen MR) is 55.4 cm³/mol. The van der Waals surface area contributed by atoms with Gasteiger partial charge in [0.05, 0.1) is 19.3 Å². The van der Waals surface area contributed by atoms with Crippen molar-refractivity contribution in [3.05, 3.63) is 6.54 Å². The fourth-order valence-electron chi connectivity index (χ4n) is 1.36. The zero-order valence-corrected chi connectivity index (χ0v) is 8.96. The average Bonchev–Trinajstić information content (AvgIpc) is 2.93. The van der Waals surface area contributed by atoms with Crippen LogP contribution in [0.25, 0.3) is 0 Å². The Morgan fingerprint density at radius 3 is 2.15 bits per heavy atom. The van der Waals surface area contributed by atoms with E-state index in [1.165, 1.54) is 38.8 Å². The maximum absolute atomic E-state index is 5.20. The molecular formula is C11H22NO. The Morgan fingerprint density at radius 2 is 1.77 bits per heavy atom. The highest BCUT2D eigenvalue weighted by molar-refractivity contribution is 4.85. The van der Waals surface area contributed by atoms with Crippen LogP contribution in [0, 0.1) is 6.54 Å². The lowest BCUT2D eigenvalue weighted by atomic mass is 10.2. The molecular weight excluding hydrogens is 162 g/mol. The second-order valence-electron chi connectivity index (χ2n) is 3.76. The molecule has 1 rings (SSSR count). The van der Waals surface area contributed by atoms with Gasteiger partial charge in [-0.05, 0) is 25.9 Å². The monoisotopic (exact) mass is 184 g/mol. The maximum Gasteiger partial charge on any atom is 0.0980 e. The molecule has 0 bridgehead atoms. The van der Waals surface area contributed by atoms with E-state index in [4.69, 9.17) is 4.74 Å². The summed E-state index contributed by atoms with van der Waals surface area (Å²) in [7, 11) is 0. The molecule has 0 saturated carbocycles. The third-order valence-corrected chi connectivity index (χ3v) is 2.33. The second-order valence-corrected chi connectivity index (χ2v) is 3.76. The van der Waals surface area contributed by atoms with Crippen LogP contribution < -0.4 is 0 Å². The molecule has 0 aromatic heterocycles. The quantitative estimate of drug-likeness (QED) is 0.538. The number of hydrogen-bond donors (Lipinski definition) is 0.